The van der Waals surface area contributed by atoms with Crippen LogP contribution in [-0.4, -0.2) is 26.0 Å². The van der Waals surface area contributed by atoms with Crippen molar-refractivity contribution in [2.75, 3.05) is 5.32 Å². The molecule has 7 nitrogen and oxygen atoms in total. The van der Waals surface area contributed by atoms with Crippen LogP contribution in [0.5, 0.6) is 0 Å². The van der Waals surface area contributed by atoms with Crippen LogP contribution in [0.25, 0.3) is 11.3 Å². The van der Waals surface area contributed by atoms with E-state index in [9.17, 15) is 5.26 Å². The van der Waals surface area contributed by atoms with Gasteiger partial charge in [-0.15, -0.1) is 0 Å². The summed E-state index contributed by atoms with van der Waals surface area (Å²) in [5.74, 6) is 1.41. The van der Waals surface area contributed by atoms with Crippen molar-refractivity contribution in [3.8, 4) is 17.3 Å². The molecule has 2 aromatic heterocycles. The third-order valence-electron chi connectivity index (χ3n) is 5.40. The van der Waals surface area contributed by atoms with Crippen LogP contribution in [0.2, 0.25) is 0 Å². The summed E-state index contributed by atoms with van der Waals surface area (Å²) in [4.78, 5) is 8.75. The Hall–Kier alpha value is -2.46. The molecule has 3 atom stereocenters. The number of nitrogens with one attached hydrogen (secondary N) is 1. The largest absolute Gasteiger partial charge is 0.342 e. The fourth-order valence-corrected chi connectivity index (χ4v) is 4.14. The number of fused-ring (bicyclic) bond motifs is 3. The Kier molecular flexibility index (Phi) is 3.06. The van der Waals surface area contributed by atoms with Gasteiger partial charge >= 0.3 is 0 Å². The van der Waals surface area contributed by atoms with Crippen molar-refractivity contribution in [3.63, 3.8) is 0 Å². The number of anilines is 1. The second-order valence-corrected chi connectivity index (χ2v) is 6.79. The lowest BCUT2D eigenvalue weighted by Crippen LogP contribution is -2.17. The van der Waals surface area contributed by atoms with Gasteiger partial charge in [0.15, 0.2) is 6.23 Å². The summed E-state index contributed by atoms with van der Waals surface area (Å²) in [6, 6.07) is 2.49. The first-order chi connectivity index (χ1) is 11.8. The first-order valence-electron chi connectivity index (χ1n) is 8.53. The molecule has 24 heavy (non-hydrogen) atoms. The number of nitrogens with zero attached hydrogens (tertiary/aromatic N) is 5. The highest BCUT2D eigenvalue weighted by molar-refractivity contribution is 5.71. The van der Waals surface area contributed by atoms with E-state index < -0.39 is 0 Å². The van der Waals surface area contributed by atoms with Gasteiger partial charge in [0.1, 0.15) is 18.2 Å². The molecule has 2 aromatic rings. The normalized spacial score (nSPS) is 25.6. The van der Waals surface area contributed by atoms with Gasteiger partial charge in [0.05, 0.1) is 36.0 Å². The van der Waals surface area contributed by atoms with Gasteiger partial charge in [-0.25, -0.2) is 9.97 Å². The van der Waals surface area contributed by atoms with Gasteiger partial charge in [-0.3, -0.25) is 4.68 Å². The van der Waals surface area contributed by atoms with E-state index in [4.69, 9.17) is 4.74 Å². The summed E-state index contributed by atoms with van der Waals surface area (Å²) in [5.41, 5.74) is 2.87. The van der Waals surface area contributed by atoms with Gasteiger partial charge < -0.3 is 10.1 Å². The highest BCUT2D eigenvalue weighted by Crippen LogP contribution is 2.50. The van der Waals surface area contributed by atoms with Crippen LogP contribution in [-0.2, 0) is 4.74 Å². The molecule has 1 aliphatic carbocycles. The maximum absolute atomic E-state index is 9.21. The average molecular weight is 322 g/mol. The molecule has 0 bridgehead atoms. The van der Waals surface area contributed by atoms with E-state index in [1.165, 1.54) is 25.7 Å². The molecule has 1 saturated carbocycles. The van der Waals surface area contributed by atoms with Gasteiger partial charge in [-0.1, -0.05) is 12.8 Å². The van der Waals surface area contributed by atoms with Gasteiger partial charge in [0, 0.05) is 11.8 Å². The molecule has 0 spiro atoms. The van der Waals surface area contributed by atoms with Gasteiger partial charge in [0.2, 0.25) is 0 Å². The van der Waals surface area contributed by atoms with Crippen LogP contribution in [0.1, 0.15) is 49.8 Å². The molecule has 1 saturated heterocycles. The predicted molar refractivity (Wildman–Crippen MR) is 85.7 cm³/mol. The van der Waals surface area contributed by atoms with Crippen LogP contribution < -0.4 is 5.32 Å². The lowest BCUT2D eigenvalue weighted by molar-refractivity contribution is 0.315. The van der Waals surface area contributed by atoms with E-state index >= 15 is 0 Å². The average Bonchev–Trinajstić information content (AvgIpc) is 3.07. The van der Waals surface area contributed by atoms with Crippen LogP contribution in [0.3, 0.4) is 0 Å². The molecule has 0 amide bonds. The fourth-order valence-electron chi connectivity index (χ4n) is 4.14. The van der Waals surface area contributed by atoms with E-state index in [-0.39, 0.29) is 18.4 Å². The van der Waals surface area contributed by atoms with Crippen molar-refractivity contribution in [2.24, 2.45) is 5.92 Å². The molecule has 122 valence electrons. The second kappa shape index (κ2) is 5.28. The topological polar surface area (TPSA) is 92.0 Å². The number of rotatable bonds is 4. The molecule has 4 heterocycles. The molecular weight excluding hydrogens is 304 g/mol. The predicted octanol–water partition coefficient (Wildman–Crippen LogP) is 2.81. The summed E-state index contributed by atoms with van der Waals surface area (Å²) in [6.07, 6.45) is 10.9. The van der Waals surface area contributed by atoms with Crippen LogP contribution in [0.4, 0.5) is 5.82 Å². The number of hydrogen-bond acceptors (Lipinski definition) is 6. The minimum Gasteiger partial charge on any atom is -0.342 e. The standard InChI is InChI=1S/C17H18N6O/c18-6-5-12(10-3-1-2-4-10)23-8-11(7-21-23)14-13-15-17(24-15)22-16(13)20-9-19-14/h7-10,12,15,17H,1-5H2,(H,19,20,22)/t12-,15?,17?/m1/s1. The highest BCUT2D eigenvalue weighted by atomic mass is 16.6. The van der Waals surface area contributed by atoms with Gasteiger partial charge in [0.25, 0.3) is 0 Å². The van der Waals surface area contributed by atoms with E-state index in [0.29, 0.717) is 12.3 Å². The quantitative estimate of drug-likeness (QED) is 0.870. The molecule has 0 radical (unpaired) electrons. The summed E-state index contributed by atoms with van der Waals surface area (Å²) in [5, 5.41) is 17.0. The lowest BCUT2D eigenvalue weighted by Gasteiger charge is -2.21. The van der Waals surface area contributed by atoms with E-state index in [0.717, 1.165) is 22.6 Å². The van der Waals surface area contributed by atoms with Crippen molar-refractivity contribution < 1.29 is 4.74 Å². The summed E-state index contributed by atoms with van der Waals surface area (Å²) in [7, 11) is 0. The van der Waals surface area contributed by atoms with Crippen molar-refractivity contribution in [3.05, 3.63) is 24.3 Å². The zero-order valence-corrected chi connectivity index (χ0v) is 13.2. The molecule has 2 fully saturated rings. The number of ether oxygens (including phenoxy) is 1. The first kappa shape index (κ1) is 13.9. The van der Waals surface area contributed by atoms with Crippen molar-refractivity contribution in [2.45, 2.75) is 50.5 Å². The Morgan fingerprint density at radius 2 is 2.25 bits per heavy atom. The second-order valence-electron chi connectivity index (χ2n) is 6.79. The Labute approximate surface area is 139 Å². The minimum atomic E-state index is 0.0512. The van der Waals surface area contributed by atoms with Crippen LogP contribution in [0, 0.1) is 17.2 Å². The molecule has 2 aliphatic heterocycles. The smallest absolute Gasteiger partial charge is 0.160 e. The van der Waals surface area contributed by atoms with E-state index in [2.05, 4.69) is 26.5 Å². The van der Waals surface area contributed by atoms with Crippen LogP contribution in [0.15, 0.2) is 18.7 Å². The molecule has 3 aliphatic rings. The SMILES string of the molecule is N#CC[C@H](C1CCCC1)n1cc(-c2ncnc3c2C2OC2N3)cn1. The number of hydrogen-bond donors (Lipinski definition) is 1. The number of nitriles is 1. The minimum absolute atomic E-state index is 0.0512. The zero-order chi connectivity index (χ0) is 16.1. The van der Waals surface area contributed by atoms with Gasteiger partial charge in [-0.05, 0) is 18.8 Å². The van der Waals surface area contributed by atoms with E-state index in [1.54, 1.807) is 6.33 Å². The zero-order valence-electron chi connectivity index (χ0n) is 13.2. The van der Waals surface area contributed by atoms with E-state index in [1.807, 2.05) is 17.1 Å². The number of aromatic nitrogens is 4. The first-order valence-corrected chi connectivity index (χ1v) is 8.53. The van der Waals surface area contributed by atoms with Crippen molar-refractivity contribution in [1.29, 1.82) is 5.26 Å². The third kappa shape index (κ3) is 2.10. The molecule has 2 unspecified atom stereocenters. The summed E-state index contributed by atoms with van der Waals surface area (Å²) >= 11 is 0. The van der Waals surface area contributed by atoms with Gasteiger partial charge in [-0.2, -0.15) is 10.4 Å². The molecular formula is C17H18N6O. The van der Waals surface area contributed by atoms with Crippen molar-refractivity contribution >= 4 is 5.82 Å². The lowest BCUT2D eigenvalue weighted by atomic mass is 9.96. The molecule has 1 N–H and O–H groups in total. The Morgan fingerprint density at radius 1 is 1.38 bits per heavy atom. The molecule has 0 aromatic carbocycles. The summed E-state index contributed by atoms with van der Waals surface area (Å²) in [6.45, 7) is 0. The van der Waals surface area contributed by atoms with Crippen LogP contribution >= 0.6 is 0 Å². The monoisotopic (exact) mass is 322 g/mol. The molecule has 7 heteroatoms. The summed E-state index contributed by atoms with van der Waals surface area (Å²) < 4.78 is 7.52. The maximum Gasteiger partial charge on any atom is 0.160 e. The Morgan fingerprint density at radius 3 is 3.08 bits per heavy atom. The molecule has 5 rings (SSSR count). The Bertz CT molecular complexity index is 819. The number of epoxide rings is 1. The highest BCUT2D eigenvalue weighted by Gasteiger charge is 2.50. The maximum atomic E-state index is 9.21. The van der Waals surface area contributed by atoms with Crippen molar-refractivity contribution in [1.82, 2.24) is 19.7 Å². The third-order valence-corrected chi connectivity index (χ3v) is 5.40. The fraction of sp³-hybridized carbons (Fsp3) is 0.529. The Balaban J connectivity index is 1.49.